The molecule has 0 amide bonds. The number of hydrogen-bond acceptors (Lipinski definition) is 5. The summed E-state index contributed by atoms with van der Waals surface area (Å²) in [6.45, 7) is 4.67. The Labute approximate surface area is 164 Å². The molecule has 1 aliphatic rings. The number of hydrogen-bond donors (Lipinski definition) is 1. The Kier molecular flexibility index (Phi) is 6.73. The molecule has 7 nitrogen and oxygen atoms in total. The normalized spacial score (nSPS) is 19.8. The number of unbranched alkanes of at least 4 members (excludes halogenated alkanes) is 1. The van der Waals surface area contributed by atoms with Crippen molar-refractivity contribution in [2.75, 3.05) is 20.2 Å². The Morgan fingerprint density at radius 3 is 2.59 bits per heavy atom. The summed E-state index contributed by atoms with van der Waals surface area (Å²) in [5, 5.41) is 8.48. The standard InChI is InChI=1S/C19H27N5O2S/c1-3-4-5-15-6-8-17(9-7-15)24-19(27)23(20-21-24)14-22-12-10-16(11-13-22)18(25)26-2/h6-9,16H,3-5,10-14H2,1-2H3/p+1. The van der Waals surface area contributed by atoms with Gasteiger partial charge in [-0.05, 0) is 53.2 Å². The van der Waals surface area contributed by atoms with Crippen LogP contribution in [0.25, 0.3) is 5.69 Å². The van der Waals surface area contributed by atoms with E-state index in [1.54, 1.807) is 9.36 Å². The van der Waals surface area contributed by atoms with Crippen molar-refractivity contribution >= 4 is 18.2 Å². The molecular formula is C19H28N5O2S+. The van der Waals surface area contributed by atoms with Crippen molar-refractivity contribution < 1.29 is 14.4 Å². The van der Waals surface area contributed by atoms with Crippen LogP contribution in [0.5, 0.6) is 0 Å². The summed E-state index contributed by atoms with van der Waals surface area (Å²) in [5.41, 5.74) is 2.27. The van der Waals surface area contributed by atoms with Gasteiger partial charge >= 0.3 is 5.97 Å². The molecule has 1 N–H and O–H groups in total. The number of tetrazole rings is 1. The molecule has 0 saturated carbocycles. The third kappa shape index (κ3) is 4.81. The summed E-state index contributed by atoms with van der Waals surface area (Å²) >= 11 is 5.58. The average Bonchev–Trinajstić information content (AvgIpc) is 3.07. The van der Waals surface area contributed by atoms with Crippen molar-refractivity contribution in [3.05, 3.63) is 34.6 Å². The first-order valence-electron chi connectivity index (χ1n) is 9.66. The molecule has 0 aliphatic carbocycles. The van der Waals surface area contributed by atoms with E-state index in [4.69, 9.17) is 17.0 Å². The molecule has 146 valence electrons. The number of ether oxygens (including phenoxy) is 1. The van der Waals surface area contributed by atoms with Gasteiger partial charge in [0.05, 0.1) is 31.8 Å². The van der Waals surface area contributed by atoms with Crippen molar-refractivity contribution in [2.24, 2.45) is 5.92 Å². The molecule has 2 aromatic rings. The summed E-state index contributed by atoms with van der Waals surface area (Å²) in [4.78, 5) is 13.0. The number of benzene rings is 1. The van der Waals surface area contributed by atoms with Crippen molar-refractivity contribution in [3.8, 4) is 5.69 Å². The van der Waals surface area contributed by atoms with Crippen molar-refractivity contribution in [1.29, 1.82) is 0 Å². The first-order valence-corrected chi connectivity index (χ1v) is 10.1. The van der Waals surface area contributed by atoms with E-state index in [1.165, 1.54) is 30.4 Å². The van der Waals surface area contributed by atoms with Crippen LogP contribution in [0.1, 0.15) is 38.2 Å². The molecule has 0 spiro atoms. The second kappa shape index (κ2) is 9.23. The number of quaternary nitrogens is 1. The quantitative estimate of drug-likeness (QED) is 0.574. The predicted molar refractivity (Wildman–Crippen MR) is 104 cm³/mol. The van der Waals surface area contributed by atoms with Gasteiger partial charge in [-0.3, -0.25) is 4.79 Å². The van der Waals surface area contributed by atoms with Gasteiger partial charge in [-0.1, -0.05) is 25.5 Å². The zero-order valence-electron chi connectivity index (χ0n) is 16.1. The molecule has 2 heterocycles. The van der Waals surface area contributed by atoms with Gasteiger partial charge in [-0.2, -0.15) is 9.36 Å². The van der Waals surface area contributed by atoms with Gasteiger partial charge < -0.3 is 9.64 Å². The first-order chi connectivity index (χ1) is 13.1. The van der Waals surface area contributed by atoms with Crippen LogP contribution >= 0.6 is 12.2 Å². The molecular weight excluding hydrogens is 362 g/mol. The number of esters is 1. The van der Waals surface area contributed by atoms with Crippen LogP contribution in [0, 0.1) is 10.7 Å². The highest BCUT2D eigenvalue weighted by Gasteiger charge is 2.28. The molecule has 0 bridgehead atoms. The fourth-order valence-electron chi connectivity index (χ4n) is 3.52. The van der Waals surface area contributed by atoms with Gasteiger partial charge in [-0.25, -0.2) is 0 Å². The van der Waals surface area contributed by atoms with E-state index in [2.05, 4.69) is 41.6 Å². The Morgan fingerprint density at radius 1 is 1.26 bits per heavy atom. The highest BCUT2D eigenvalue weighted by atomic mass is 32.1. The monoisotopic (exact) mass is 390 g/mol. The average molecular weight is 391 g/mol. The van der Waals surface area contributed by atoms with Crippen LogP contribution in [0.2, 0.25) is 0 Å². The maximum absolute atomic E-state index is 11.6. The van der Waals surface area contributed by atoms with Crippen LogP contribution < -0.4 is 4.90 Å². The number of carbonyl (C=O) groups excluding carboxylic acids is 1. The van der Waals surface area contributed by atoms with Crippen molar-refractivity contribution in [2.45, 2.75) is 45.7 Å². The van der Waals surface area contributed by atoms with E-state index in [1.807, 2.05) is 0 Å². The topological polar surface area (TPSA) is 66.4 Å². The minimum Gasteiger partial charge on any atom is -0.469 e. The van der Waals surface area contributed by atoms with E-state index >= 15 is 0 Å². The van der Waals surface area contributed by atoms with E-state index in [-0.39, 0.29) is 11.9 Å². The summed E-state index contributed by atoms with van der Waals surface area (Å²) in [7, 11) is 1.45. The van der Waals surface area contributed by atoms with Gasteiger partial charge in [-0.15, -0.1) is 0 Å². The molecule has 1 aliphatic heterocycles. The number of methoxy groups -OCH3 is 1. The third-order valence-electron chi connectivity index (χ3n) is 5.24. The second-order valence-electron chi connectivity index (χ2n) is 7.15. The van der Waals surface area contributed by atoms with Crippen LogP contribution in [0.4, 0.5) is 0 Å². The number of likely N-dealkylation sites (tertiary alicyclic amines) is 1. The van der Waals surface area contributed by atoms with Crippen LogP contribution in [0.3, 0.4) is 0 Å². The largest absolute Gasteiger partial charge is 0.469 e. The zero-order chi connectivity index (χ0) is 19.2. The number of nitrogens with one attached hydrogen (secondary N) is 1. The van der Waals surface area contributed by atoms with Crippen LogP contribution in [-0.4, -0.2) is 46.0 Å². The molecule has 8 heteroatoms. The summed E-state index contributed by atoms with van der Waals surface area (Å²) in [6.07, 6.45) is 5.16. The minimum absolute atomic E-state index is 0.0219. The maximum Gasteiger partial charge on any atom is 0.309 e. The van der Waals surface area contributed by atoms with Crippen molar-refractivity contribution in [3.63, 3.8) is 0 Å². The first kappa shape index (κ1) is 19.7. The molecule has 1 aromatic carbocycles. The highest BCUT2D eigenvalue weighted by molar-refractivity contribution is 7.71. The number of aryl methyl sites for hydroxylation is 1. The van der Waals surface area contributed by atoms with Crippen molar-refractivity contribution in [1.82, 2.24) is 19.8 Å². The van der Waals surface area contributed by atoms with Gasteiger partial charge in [0.25, 0.3) is 0 Å². The van der Waals surface area contributed by atoms with Gasteiger partial charge in [0.1, 0.15) is 0 Å². The van der Waals surface area contributed by atoms with E-state index < -0.39 is 0 Å². The molecule has 0 radical (unpaired) electrons. The summed E-state index contributed by atoms with van der Waals surface area (Å²) in [5.74, 6) is -0.0763. The molecule has 3 rings (SSSR count). The smallest absolute Gasteiger partial charge is 0.309 e. The highest BCUT2D eigenvalue weighted by Crippen LogP contribution is 2.12. The number of rotatable bonds is 7. The number of piperidine rings is 1. The molecule has 1 fully saturated rings. The number of carbonyl (C=O) groups is 1. The third-order valence-corrected chi connectivity index (χ3v) is 5.62. The SMILES string of the molecule is CCCCc1ccc(-n2nnn(C[NH+]3CCC(C(=O)OC)CC3)c2=S)cc1. The fraction of sp³-hybridized carbons (Fsp3) is 0.579. The van der Waals surface area contributed by atoms with Crippen LogP contribution in [-0.2, 0) is 22.6 Å². The molecule has 1 aromatic heterocycles. The fourth-order valence-corrected chi connectivity index (χ4v) is 3.76. The molecule has 27 heavy (non-hydrogen) atoms. The molecule has 1 saturated heterocycles. The lowest BCUT2D eigenvalue weighted by Gasteiger charge is -2.27. The summed E-state index contributed by atoms with van der Waals surface area (Å²) < 4.78 is 8.92. The minimum atomic E-state index is -0.0982. The van der Waals surface area contributed by atoms with Gasteiger partial charge in [0.2, 0.25) is 4.77 Å². The maximum atomic E-state index is 11.6. The van der Waals surface area contributed by atoms with Gasteiger partial charge in [0.15, 0.2) is 6.67 Å². The Bertz CT molecular complexity index is 806. The second-order valence-corrected chi connectivity index (χ2v) is 7.51. The van der Waals surface area contributed by atoms with Gasteiger partial charge in [0, 0.05) is 12.8 Å². The Hall–Kier alpha value is -2.06. The van der Waals surface area contributed by atoms with Crippen LogP contribution in [0.15, 0.2) is 24.3 Å². The number of nitrogens with zero attached hydrogens (tertiary/aromatic N) is 4. The Balaban J connectivity index is 1.62. The lowest BCUT2D eigenvalue weighted by Crippen LogP contribution is -3.12. The summed E-state index contributed by atoms with van der Waals surface area (Å²) in [6, 6.07) is 8.37. The predicted octanol–water partition coefficient (Wildman–Crippen LogP) is 1.57. The Morgan fingerprint density at radius 2 is 1.96 bits per heavy atom. The molecule has 0 unspecified atom stereocenters. The van der Waals surface area contributed by atoms with E-state index in [0.717, 1.165) is 38.0 Å². The zero-order valence-corrected chi connectivity index (χ0v) is 16.9. The van der Waals surface area contributed by atoms with E-state index in [9.17, 15) is 4.79 Å². The lowest BCUT2D eigenvalue weighted by atomic mass is 9.97. The van der Waals surface area contributed by atoms with E-state index in [0.29, 0.717) is 11.4 Å². The molecule has 0 atom stereocenters. The number of aromatic nitrogens is 4. The lowest BCUT2D eigenvalue weighted by molar-refractivity contribution is -0.929.